The molecular weight excluding hydrogens is 347 g/mol. The molecule has 0 amide bonds. The highest BCUT2D eigenvalue weighted by Crippen LogP contribution is 2.23. The molecule has 2 heterocycles. The first-order valence-electron chi connectivity index (χ1n) is 5.45. The zero-order valence-corrected chi connectivity index (χ0v) is 12.7. The second kappa shape index (κ2) is 5.30. The fourth-order valence-corrected chi connectivity index (χ4v) is 3.00. The van der Waals surface area contributed by atoms with Crippen LogP contribution in [0.15, 0.2) is 15.6 Å². The molecule has 2 aromatic heterocycles. The summed E-state index contributed by atoms with van der Waals surface area (Å²) in [7, 11) is 0. The zero-order valence-electron chi connectivity index (χ0n) is 9.71. The normalized spacial score (nSPS) is 10.8. The van der Waals surface area contributed by atoms with E-state index in [9.17, 15) is 4.79 Å². The summed E-state index contributed by atoms with van der Waals surface area (Å²) in [6.07, 6.45) is 1.84. The first kappa shape index (κ1) is 12.8. The van der Waals surface area contributed by atoms with Crippen LogP contribution in [0.4, 0.5) is 0 Å². The van der Waals surface area contributed by atoms with Crippen LogP contribution in [0.25, 0.3) is 11.4 Å². The Labute approximate surface area is 117 Å². The van der Waals surface area contributed by atoms with Crippen LogP contribution in [-0.4, -0.2) is 9.97 Å². The van der Waals surface area contributed by atoms with Crippen LogP contribution in [0.2, 0.25) is 0 Å². The quantitative estimate of drug-likeness (QED) is 0.854. The molecule has 90 valence electrons. The highest BCUT2D eigenvalue weighted by Gasteiger charge is 2.11. The minimum Gasteiger partial charge on any atom is -0.306 e. The number of aromatic amines is 1. The van der Waals surface area contributed by atoms with Gasteiger partial charge in [0.15, 0.2) is 0 Å². The number of hydrogen-bond acceptors (Lipinski definition) is 3. The number of hydrogen-bond donors (Lipinski definition) is 1. The van der Waals surface area contributed by atoms with Gasteiger partial charge in [0.25, 0.3) is 5.56 Å². The predicted molar refractivity (Wildman–Crippen MR) is 79.6 cm³/mol. The molecule has 0 atom stereocenters. The second-order valence-corrected chi connectivity index (χ2v) is 5.72. The van der Waals surface area contributed by atoms with Gasteiger partial charge in [-0.3, -0.25) is 4.79 Å². The van der Waals surface area contributed by atoms with Gasteiger partial charge in [0.2, 0.25) is 0 Å². The number of aryl methyl sites for hydroxylation is 2. The molecule has 1 N–H and O–H groups in total. The van der Waals surface area contributed by atoms with E-state index in [1.165, 1.54) is 0 Å². The van der Waals surface area contributed by atoms with Gasteiger partial charge in [-0.05, 0) is 46.9 Å². The molecule has 2 aromatic rings. The number of halogens is 1. The summed E-state index contributed by atoms with van der Waals surface area (Å²) in [5, 5.41) is 4.09. The van der Waals surface area contributed by atoms with Crippen LogP contribution in [0.5, 0.6) is 0 Å². The molecule has 0 saturated heterocycles. The van der Waals surface area contributed by atoms with Gasteiger partial charge in [-0.1, -0.05) is 13.3 Å². The van der Waals surface area contributed by atoms with Gasteiger partial charge in [-0.25, -0.2) is 4.98 Å². The summed E-state index contributed by atoms with van der Waals surface area (Å²) in [5.41, 5.74) is 3.05. The molecule has 0 bridgehead atoms. The third kappa shape index (κ3) is 2.60. The van der Waals surface area contributed by atoms with Crippen molar-refractivity contribution in [2.75, 3.05) is 0 Å². The van der Waals surface area contributed by atoms with Crippen molar-refractivity contribution in [2.24, 2.45) is 0 Å². The maximum Gasteiger partial charge on any atom is 0.264 e. The molecule has 0 spiro atoms. The fourth-order valence-electron chi connectivity index (χ4n) is 1.64. The molecule has 0 fully saturated rings. The van der Waals surface area contributed by atoms with Gasteiger partial charge in [-0.2, -0.15) is 11.3 Å². The number of thiophene rings is 1. The molecule has 0 aromatic carbocycles. The predicted octanol–water partition coefficient (Wildman–Crippen LogP) is 3.36. The van der Waals surface area contributed by atoms with E-state index in [1.807, 2.05) is 12.3 Å². The van der Waals surface area contributed by atoms with Crippen LogP contribution in [-0.2, 0) is 6.42 Å². The summed E-state index contributed by atoms with van der Waals surface area (Å²) in [4.78, 5) is 19.3. The third-order valence-electron chi connectivity index (χ3n) is 2.53. The fraction of sp³-hybridized carbons (Fsp3) is 0.333. The molecule has 0 aliphatic rings. The molecule has 0 unspecified atom stereocenters. The van der Waals surface area contributed by atoms with Gasteiger partial charge in [0.05, 0.1) is 9.26 Å². The van der Waals surface area contributed by atoms with Crippen molar-refractivity contribution in [1.29, 1.82) is 0 Å². The minimum atomic E-state index is -0.0374. The average molecular weight is 360 g/mol. The van der Waals surface area contributed by atoms with E-state index in [4.69, 9.17) is 0 Å². The van der Waals surface area contributed by atoms with Crippen molar-refractivity contribution in [3.63, 3.8) is 0 Å². The lowest BCUT2D eigenvalue weighted by Crippen LogP contribution is -2.16. The van der Waals surface area contributed by atoms with E-state index in [0.29, 0.717) is 9.39 Å². The highest BCUT2D eigenvalue weighted by molar-refractivity contribution is 14.1. The van der Waals surface area contributed by atoms with Crippen molar-refractivity contribution in [1.82, 2.24) is 9.97 Å². The molecular formula is C12H13IN2OS. The monoisotopic (exact) mass is 360 g/mol. The maximum absolute atomic E-state index is 11.8. The van der Waals surface area contributed by atoms with E-state index in [1.54, 1.807) is 11.3 Å². The number of aromatic nitrogens is 2. The lowest BCUT2D eigenvalue weighted by Gasteiger charge is -2.05. The largest absolute Gasteiger partial charge is 0.306 e. The van der Waals surface area contributed by atoms with Crippen LogP contribution in [0.3, 0.4) is 0 Å². The molecule has 3 nitrogen and oxygen atoms in total. The first-order valence-corrected chi connectivity index (χ1v) is 7.47. The lowest BCUT2D eigenvalue weighted by atomic mass is 10.2. The summed E-state index contributed by atoms with van der Waals surface area (Å²) >= 11 is 3.69. The lowest BCUT2D eigenvalue weighted by molar-refractivity contribution is 0.860. The Morgan fingerprint density at radius 2 is 2.24 bits per heavy atom. The number of rotatable bonds is 3. The molecule has 17 heavy (non-hydrogen) atoms. The second-order valence-electron chi connectivity index (χ2n) is 3.89. The smallest absolute Gasteiger partial charge is 0.264 e. The molecule has 0 radical (unpaired) electrons. The molecule has 0 aliphatic heterocycles. The van der Waals surface area contributed by atoms with Crippen LogP contribution in [0, 0.1) is 10.5 Å². The molecule has 0 aliphatic carbocycles. The van der Waals surface area contributed by atoms with Crippen LogP contribution in [0.1, 0.15) is 24.6 Å². The van der Waals surface area contributed by atoms with Crippen molar-refractivity contribution in [3.05, 3.63) is 35.9 Å². The number of H-pyrrole nitrogens is 1. The van der Waals surface area contributed by atoms with Gasteiger partial charge in [-0.15, -0.1) is 0 Å². The van der Waals surface area contributed by atoms with E-state index in [-0.39, 0.29) is 5.56 Å². The molecule has 0 saturated carbocycles. The maximum atomic E-state index is 11.8. The topological polar surface area (TPSA) is 45.8 Å². The van der Waals surface area contributed by atoms with E-state index >= 15 is 0 Å². The number of nitrogens with one attached hydrogen (secondary N) is 1. The zero-order chi connectivity index (χ0) is 12.4. The SMILES string of the molecule is CCCc1nc(-c2cscc2C)[nH]c(=O)c1I. The Kier molecular flexibility index (Phi) is 3.98. The average Bonchev–Trinajstić information content (AvgIpc) is 2.71. The summed E-state index contributed by atoms with van der Waals surface area (Å²) in [6.45, 7) is 4.12. The summed E-state index contributed by atoms with van der Waals surface area (Å²) in [6, 6.07) is 0. The van der Waals surface area contributed by atoms with Crippen molar-refractivity contribution < 1.29 is 0 Å². The van der Waals surface area contributed by atoms with Crippen molar-refractivity contribution in [3.8, 4) is 11.4 Å². The van der Waals surface area contributed by atoms with E-state index < -0.39 is 0 Å². The Hall–Kier alpha value is -0.690. The van der Waals surface area contributed by atoms with Gasteiger partial charge < -0.3 is 4.98 Å². The Bertz CT molecular complexity index is 588. The van der Waals surface area contributed by atoms with Gasteiger partial charge in [0.1, 0.15) is 5.82 Å². The Balaban J connectivity index is 2.57. The van der Waals surface area contributed by atoms with Crippen molar-refractivity contribution >= 4 is 33.9 Å². The Morgan fingerprint density at radius 1 is 1.47 bits per heavy atom. The third-order valence-corrected chi connectivity index (χ3v) is 4.50. The van der Waals surface area contributed by atoms with E-state index in [0.717, 1.165) is 29.7 Å². The summed E-state index contributed by atoms with van der Waals surface area (Å²) < 4.78 is 0.709. The standard InChI is InChI=1S/C12H13IN2OS/c1-3-4-9-10(13)12(16)15-11(14-9)8-6-17-5-7(8)2/h5-6H,3-4H2,1-2H3,(H,14,15,16). The first-order chi connectivity index (χ1) is 8.13. The van der Waals surface area contributed by atoms with E-state index in [2.05, 4.69) is 44.9 Å². The molecule has 2 rings (SSSR count). The van der Waals surface area contributed by atoms with Gasteiger partial charge >= 0.3 is 0 Å². The summed E-state index contributed by atoms with van der Waals surface area (Å²) in [5.74, 6) is 0.692. The van der Waals surface area contributed by atoms with Gasteiger partial charge in [0, 0.05) is 10.9 Å². The van der Waals surface area contributed by atoms with Crippen molar-refractivity contribution in [2.45, 2.75) is 26.7 Å². The van der Waals surface area contributed by atoms with Crippen LogP contribution < -0.4 is 5.56 Å². The number of nitrogens with zero attached hydrogens (tertiary/aromatic N) is 1. The Morgan fingerprint density at radius 3 is 2.82 bits per heavy atom. The minimum absolute atomic E-state index is 0.0374. The van der Waals surface area contributed by atoms with Crippen LogP contribution >= 0.6 is 33.9 Å². The highest BCUT2D eigenvalue weighted by atomic mass is 127. The molecule has 5 heteroatoms.